The molecule has 0 atom stereocenters. The molecule has 21 heavy (non-hydrogen) atoms. The maximum atomic E-state index is 13.9. The first-order valence-electron chi connectivity index (χ1n) is 6.05. The lowest BCUT2D eigenvalue weighted by atomic mass is 10.1. The molecule has 0 bridgehead atoms. The number of benzene rings is 2. The highest BCUT2D eigenvalue weighted by Crippen LogP contribution is 2.29. The average Bonchev–Trinajstić information content (AvgIpc) is 2.42. The lowest BCUT2D eigenvalue weighted by molar-refractivity contribution is 0.579. The number of aromatic nitrogens is 2. The van der Waals surface area contributed by atoms with Crippen molar-refractivity contribution in [3.8, 4) is 11.4 Å². The molecule has 0 unspecified atom stereocenters. The van der Waals surface area contributed by atoms with E-state index in [0.717, 1.165) is 6.07 Å². The van der Waals surface area contributed by atoms with Gasteiger partial charge in [-0.25, -0.2) is 23.1 Å². The standard InChI is InChI=1S/C15H8ClF3N2/c1-7-5-8(11(19)6-10(7)18)15-20-12-4-2-3-9(17)13(12)14(16)21-15/h2-6H,1H3. The number of fused-ring (bicyclic) bond motifs is 1. The van der Waals surface area contributed by atoms with Gasteiger partial charge >= 0.3 is 0 Å². The van der Waals surface area contributed by atoms with E-state index in [9.17, 15) is 13.2 Å². The third-order valence-electron chi connectivity index (χ3n) is 3.12. The van der Waals surface area contributed by atoms with Crippen molar-refractivity contribution in [2.24, 2.45) is 0 Å². The maximum absolute atomic E-state index is 13.9. The Kier molecular flexibility index (Phi) is 3.29. The predicted molar refractivity (Wildman–Crippen MR) is 74.6 cm³/mol. The highest BCUT2D eigenvalue weighted by atomic mass is 35.5. The zero-order chi connectivity index (χ0) is 15.1. The molecule has 0 saturated heterocycles. The minimum atomic E-state index is -0.801. The third-order valence-corrected chi connectivity index (χ3v) is 3.39. The Hall–Kier alpha value is -2.14. The molecule has 0 amide bonds. The fourth-order valence-electron chi connectivity index (χ4n) is 2.05. The summed E-state index contributed by atoms with van der Waals surface area (Å²) in [5.74, 6) is -2.03. The fraction of sp³-hybridized carbons (Fsp3) is 0.0667. The Labute approximate surface area is 123 Å². The van der Waals surface area contributed by atoms with Gasteiger partial charge in [0.2, 0.25) is 0 Å². The molecule has 2 nitrogen and oxygen atoms in total. The summed E-state index contributed by atoms with van der Waals surface area (Å²) in [6, 6.07) is 6.31. The van der Waals surface area contributed by atoms with E-state index in [0.29, 0.717) is 0 Å². The van der Waals surface area contributed by atoms with Crippen molar-refractivity contribution in [2.75, 3.05) is 0 Å². The van der Waals surface area contributed by atoms with Crippen LogP contribution in [0.4, 0.5) is 13.2 Å². The molecule has 1 aromatic heterocycles. The first-order valence-corrected chi connectivity index (χ1v) is 6.43. The van der Waals surface area contributed by atoms with Crippen molar-refractivity contribution >= 4 is 22.5 Å². The molecule has 1 heterocycles. The van der Waals surface area contributed by atoms with Crippen LogP contribution in [0.1, 0.15) is 5.56 Å². The Balaban J connectivity index is 2.29. The molecule has 0 N–H and O–H groups in total. The Morgan fingerprint density at radius 3 is 2.48 bits per heavy atom. The van der Waals surface area contributed by atoms with Crippen molar-refractivity contribution < 1.29 is 13.2 Å². The van der Waals surface area contributed by atoms with Crippen LogP contribution >= 0.6 is 11.6 Å². The van der Waals surface area contributed by atoms with Crippen LogP contribution in [0.2, 0.25) is 5.15 Å². The Morgan fingerprint density at radius 2 is 1.71 bits per heavy atom. The lowest BCUT2D eigenvalue weighted by Gasteiger charge is -2.07. The molecule has 6 heteroatoms. The molecule has 0 fully saturated rings. The van der Waals surface area contributed by atoms with Gasteiger partial charge < -0.3 is 0 Å². The number of nitrogens with zero attached hydrogens (tertiary/aromatic N) is 2. The smallest absolute Gasteiger partial charge is 0.164 e. The lowest BCUT2D eigenvalue weighted by Crippen LogP contribution is -1.97. The third kappa shape index (κ3) is 2.34. The van der Waals surface area contributed by atoms with Crippen molar-refractivity contribution in [1.82, 2.24) is 9.97 Å². The zero-order valence-electron chi connectivity index (χ0n) is 10.8. The summed E-state index contributed by atoms with van der Waals surface area (Å²) >= 11 is 5.95. The molecule has 3 aromatic rings. The quantitative estimate of drug-likeness (QED) is 0.610. The van der Waals surface area contributed by atoms with Gasteiger partial charge in [-0.3, -0.25) is 0 Å². The van der Waals surface area contributed by atoms with E-state index in [1.54, 1.807) is 6.07 Å². The Morgan fingerprint density at radius 1 is 0.952 bits per heavy atom. The van der Waals surface area contributed by atoms with Gasteiger partial charge in [0, 0.05) is 6.07 Å². The summed E-state index contributed by atoms with van der Waals surface area (Å²) < 4.78 is 40.9. The van der Waals surface area contributed by atoms with Gasteiger partial charge in [0.05, 0.1) is 16.5 Å². The van der Waals surface area contributed by atoms with Gasteiger partial charge in [0.1, 0.15) is 22.6 Å². The molecular formula is C15H8ClF3N2. The monoisotopic (exact) mass is 308 g/mol. The van der Waals surface area contributed by atoms with Crippen LogP contribution in [0.25, 0.3) is 22.3 Å². The van der Waals surface area contributed by atoms with Crippen LogP contribution in [0, 0.1) is 24.4 Å². The topological polar surface area (TPSA) is 25.8 Å². The van der Waals surface area contributed by atoms with Gasteiger partial charge in [-0.2, -0.15) is 0 Å². The van der Waals surface area contributed by atoms with Gasteiger partial charge in [-0.05, 0) is 30.7 Å². The molecule has 0 aliphatic heterocycles. The first kappa shape index (κ1) is 13.8. The predicted octanol–water partition coefficient (Wildman–Crippen LogP) is 4.68. The molecule has 0 aliphatic carbocycles. The van der Waals surface area contributed by atoms with Crippen molar-refractivity contribution in [2.45, 2.75) is 6.92 Å². The molecular weight excluding hydrogens is 301 g/mol. The minimum absolute atomic E-state index is 0.0151. The second kappa shape index (κ2) is 5.00. The highest BCUT2D eigenvalue weighted by Gasteiger charge is 2.15. The summed E-state index contributed by atoms with van der Waals surface area (Å²) in [6.07, 6.45) is 0. The molecule has 2 aromatic carbocycles. The summed E-state index contributed by atoms with van der Waals surface area (Å²) in [5.41, 5.74) is 0.527. The van der Waals surface area contributed by atoms with Crippen molar-refractivity contribution in [3.63, 3.8) is 0 Å². The van der Waals surface area contributed by atoms with E-state index in [2.05, 4.69) is 9.97 Å². The van der Waals surface area contributed by atoms with Crippen molar-refractivity contribution in [1.29, 1.82) is 0 Å². The van der Waals surface area contributed by atoms with Crippen molar-refractivity contribution in [3.05, 3.63) is 58.5 Å². The summed E-state index contributed by atoms with van der Waals surface area (Å²) in [5, 5.41) is -0.0448. The number of hydrogen-bond acceptors (Lipinski definition) is 2. The van der Waals surface area contributed by atoms with E-state index in [1.807, 2.05) is 0 Å². The van der Waals surface area contributed by atoms with Gasteiger partial charge in [0.15, 0.2) is 5.82 Å². The summed E-state index contributed by atoms with van der Waals surface area (Å²) in [7, 11) is 0. The Bertz CT molecular complexity index is 865. The fourth-order valence-corrected chi connectivity index (χ4v) is 2.31. The molecule has 0 radical (unpaired) electrons. The number of aryl methyl sites for hydroxylation is 1. The molecule has 106 valence electrons. The molecule has 0 spiro atoms. The van der Waals surface area contributed by atoms with Crippen LogP contribution in [-0.4, -0.2) is 9.97 Å². The SMILES string of the molecule is Cc1cc(-c2nc(Cl)c3c(F)cccc3n2)c(F)cc1F. The molecule has 0 saturated carbocycles. The van der Waals surface area contributed by atoms with Gasteiger partial charge in [-0.1, -0.05) is 17.7 Å². The normalized spacial score (nSPS) is 11.1. The van der Waals surface area contributed by atoms with E-state index in [1.165, 1.54) is 25.1 Å². The van der Waals surface area contributed by atoms with E-state index in [4.69, 9.17) is 11.6 Å². The van der Waals surface area contributed by atoms with Crippen LogP contribution in [0.5, 0.6) is 0 Å². The van der Waals surface area contributed by atoms with E-state index >= 15 is 0 Å². The summed E-state index contributed by atoms with van der Waals surface area (Å²) in [4.78, 5) is 8.02. The van der Waals surface area contributed by atoms with Gasteiger partial charge in [-0.15, -0.1) is 0 Å². The number of halogens is 4. The van der Waals surface area contributed by atoms with E-state index in [-0.39, 0.29) is 33.0 Å². The van der Waals surface area contributed by atoms with Crippen LogP contribution in [-0.2, 0) is 0 Å². The second-order valence-electron chi connectivity index (χ2n) is 4.55. The zero-order valence-corrected chi connectivity index (χ0v) is 11.5. The van der Waals surface area contributed by atoms with Crippen LogP contribution < -0.4 is 0 Å². The maximum Gasteiger partial charge on any atom is 0.164 e. The largest absolute Gasteiger partial charge is 0.228 e. The summed E-state index contributed by atoms with van der Waals surface area (Å²) in [6.45, 7) is 1.50. The van der Waals surface area contributed by atoms with Crippen LogP contribution in [0.15, 0.2) is 30.3 Å². The van der Waals surface area contributed by atoms with Gasteiger partial charge in [0.25, 0.3) is 0 Å². The number of rotatable bonds is 1. The van der Waals surface area contributed by atoms with Crippen LogP contribution in [0.3, 0.4) is 0 Å². The second-order valence-corrected chi connectivity index (χ2v) is 4.91. The first-order chi connectivity index (χ1) is 9.97. The molecule has 0 aliphatic rings. The highest BCUT2D eigenvalue weighted by molar-refractivity contribution is 6.34. The minimum Gasteiger partial charge on any atom is -0.228 e. The average molecular weight is 309 g/mol. The van der Waals surface area contributed by atoms with E-state index < -0.39 is 17.5 Å². The number of hydrogen-bond donors (Lipinski definition) is 0. The molecule has 3 rings (SSSR count).